The van der Waals surface area contributed by atoms with Crippen LogP contribution in [-0.2, 0) is 39.9 Å². The van der Waals surface area contributed by atoms with Crippen molar-refractivity contribution < 1.29 is 59.7 Å². The molecule has 3 aliphatic rings. The van der Waals surface area contributed by atoms with Crippen LogP contribution in [0, 0.1) is 0 Å². The van der Waals surface area contributed by atoms with Crippen LogP contribution in [0.2, 0.25) is 0 Å². The average molecular weight is 845 g/mol. The molecule has 58 heavy (non-hydrogen) atoms. The van der Waals surface area contributed by atoms with Gasteiger partial charge >= 0.3 is 5.97 Å². The van der Waals surface area contributed by atoms with Crippen molar-refractivity contribution in [1.82, 2.24) is 9.31 Å². The fourth-order valence-electron chi connectivity index (χ4n) is 7.14. The number of carbonyl (C=O) groups excluding carboxylic acids is 1. The van der Waals surface area contributed by atoms with Gasteiger partial charge in [-0.25, -0.2) is 9.37 Å². The topological polar surface area (TPSA) is 218 Å². The normalized spacial score (nSPS) is 16.4. The molecule has 1 aromatic carbocycles. The number of hydrogen-bond acceptors (Lipinski definition) is 12. The number of ether oxygens (including phenoxy) is 2. The second-order valence-corrected chi connectivity index (χ2v) is 17.1. The van der Waals surface area contributed by atoms with Gasteiger partial charge in [0, 0.05) is 67.7 Å². The van der Waals surface area contributed by atoms with E-state index in [-0.39, 0.29) is 24.2 Å². The van der Waals surface area contributed by atoms with Gasteiger partial charge in [-0.1, -0.05) is 18.6 Å². The average Bonchev–Trinajstić information content (AvgIpc) is 3.60. The number of anilines is 1. The van der Waals surface area contributed by atoms with E-state index < -0.39 is 49.1 Å². The molecule has 314 valence electrons. The summed E-state index contributed by atoms with van der Waals surface area (Å²) in [5, 5.41) is 20.5. The summed E-state index contributed by atoms with van der Waals surface area (Å²) in [7, 11) is -5.59. The minimum atomic E-state index is -4.59. The minimum absolute atomic E-state index is 0.00129. The number of allylic oxidation sites excluding steroid dienone is 3. The fraction of sp³-hybridized carbons (Fsp3) is 0.400. The number of fused-ring (bicyclic) bond motifs is 2. The number of aromatic nitrogens is 1. The summed E-state index contributed by atoms with van der Waals surface area (Å²) in [6, 6.07) is 14.4. The van der Waals surface area contributed by atoms with Gasteiger partial charge in [0.2, 0.25) is 17.1 Å². The van der Waals surface area contributed by atoms with Crippen LogP contribution in [0.25, 0.3) is 17.4 Å². The molecular formula is C40H50N3O13S2+. The van der Waals surface area contributed by atoms with Crippen LogP contribution in [0.1, 0.15) is 56.6 Å². The smallest absolute Gasteiger partial charge is 0.333 e. The maximum absolute atomic E-state index is 12.4. The van der Waals surface area contributed by atoms with Gasteiger partial charge in [-0.05, 0) is 80.1 Å². The van der Waals surface area contributed by atoms with E-state index in [9.17, 15) is 40.9 Å². The summed E-state index contributed by atoms with van der Waals surface area (Å²) in [5.41, 5.74) is 2.66. The number of carbonyl (C=O) groups is 1. The largest absolute Gasteiger partial charge is 0.492 e. The van der Waals surface area contributed by atoms with Gasteiger partial charge in [0.1, 0.15) is 19.0 Å². The maximum atomic E-state index is 12.4. The molecule has 0 saturated heterocycles. The van der Waals surface area contributed by atoms with Crippen LogP contribution >= 0.6 is 0 Å². The Morgan fingerprint density at radius 3 is 2.26 bits per heavy atom. The first-order valence-electron chi connectivity index (χ1n) is 18.7. The van der Waals surface area contributed by atoms with E-state index in [4.69, 9.17) is 18.7 Å². The highest BCUT2D eigenvalue weighted by atomic mass is 32.2. The third-order valence-electron chi connectivity index (χ3n) is 10.1. The van der Waals surface area contributed by atoms with Crippen molar-refractivity contribution in [3.8, 4) is 23.1 Å². The van der Waals surface area contributed by atoms with Crippen molar-refractivity contribution in [3.63, 3.8) is 0 Å². The number of hydrogen-bond donors (Lipinski definition) is 4. The summed E-state index contributed by atoms with van der Waals surface area (Å²) >= 11 is 0. The van der Waals surface area contributed by atoms with Crippen LogP contribution in [-0.4, -0.2) is 99.7 Å². The van der Waals surface area contributed by atoms with Crippen molar-refractivity contribution in [2.24, 2.45) is 0 Å². The van der Waals surface area contributed by atoms with Crippen molar-refractivity contribution in [3.05, 3.63) is 95.2 Å². The van der Waals surface area contributed by atoms with Crippen LogP contribution in [0.5, 0.6) is 11.8 Å². The van der Waals surface area contributed by atoms with Crippen molar-refractivity contribution >= 4 is 38.0 Å². The Hall–Kier alpha value is -4.98. The highest BCUT2D eigenvalue weighted by molar-refractivity contribution is 7.86. The number of methoxy groups -OCH3 is 2. The third-order valence-corrected chi connectivity index (χ3v) is 11.7. The number of aromatic hydroxyl groups is 2. The zero-order chi connectivity index (χ0) is 42.1. The predicted octanol–water partition coefficient (Wildman–Crippen LogP) is 4.47. The molecule has 1 unspecified atom stereocenters. The lowest BCUT2D eigenvalue weighted by molar-refractivity contribution is -0.145. The van der Waals surface area contributed by atoms with Gasteiger partial charge in [-0.2, -0.15) is 16.8 Å². The lowest BCUT2D eigenvalue weighted by atomic mass is 9.77. The first-order chi connectivity index (χ1) is 27.6. The Bertz CT molecular complexity index is 2370. The monoisotopic (exact) mass is 844 g/mol. The van der Waals surface area contributed by atoms with E-state index in [1.165, 1.54) is 24.3 Å². The van der Waals surface area contributed by atoms with Gasteiger partial charge in [0.15, 0.2) is 13.1 Å². The molecule has 0 fully saturated rings. The van der Waals surface area contributed by atoms with E-state index in [1.807, 2.05) is 54.3 Å². The predicted molar refractivity (Wildman–Crippen MR) is 216 cm³/mol. The van der Waals surface area contributed by atoms with Gasteiger partial charge in [0.25, 0.3) is 20.2 Å². The van der Waals surface area contributed by atoms with E-state index in [0.29, 0.717) is 73.9 Å². The number of rotatable bonds is 20. The maximum Gasteiger partial charge on any atom is 0.333 e. The van der Waals surface area contributed by atoms with Crippen LogP contribution in [0.3, 0.4) is 0 Å². The Morgan fingerprint density at radius 2 is 1.60 bits per heavy atom. The molecule has 4 N–H and O–H groups in total. The molecule has 3 heterocycles. The molecule has 0 spiro atoms. The number of benzene rings is 2. The second kappa shape index (κ2) is 19.2. The van der Waals surface area contributed by atoms with Gasteiger partial charge < -0.3 is 33.8 Å². The Kier molecular flexibility index (Phi) is 14.6. The highest BCUT2D eigenvalue weighted by Gasteiger charge is 2.43. The van der Waals surface area contributed by atoms with Gasteiger partial charge in [-0.3, -0.25) is 9.11 Å². The zero-order valence-corrected chi connectivity index (χ0v) is 34.2. The molecule has 2 aromatic rings. The standard InChI is InChI=1S/C40H49N3O13S2/c1-40(19-8-26-57(47,48)49)33-28-31(58(50,51)52)13-15-34(33)42(20-6-4-5-11-39(46)56-43-37(44)16-17-38(43)45)36(40)10-7-9-29-18-23-55-35-27-30(12-14-32(29)35)41(21-24-53-2)22-25-54-3/h7,9-10,12-18,23,27-28H,4-6,8,11,19-22,24-26H2,1-3H3,(H3-,44,45,47,48,49,50,51,52)/p+1. The Morgan fingerprint density at radius 1 is 0.897 bits per heavy atom. The molecule has 0 radical (unpaired) electrons. The minimum Gasteiger partial charge on any atom is -0.492 e. The summed E-state index contributed by atoms with van der Waals surface area (Å²) in [6.07, 6.45) is 9.04. The first-order valence-corrected chi connectivity index (χ1v) is 21.7. The summed E-state index contributed by atoms with van der Waals surface area (Å²) in [4.78, 5) is 19.2. The van der Waals surface area contributed by atoms with E-state index in [0.717, 1.165) is 22.2 Å². The van der Waals surface area contributed by atoms with E-state index >= 15 is 0 Å². The van der Waals surface area contributed by atoms with Crippen LogP contribution in [0.15, 0.2) is 88.0 Å². The van der Waals surface area contributed by atoms with Crippen molar-refractivity contribution in [2.75, 3.05) is 57.7 Å². The van der Waals surface area contributed by atoms with E-state index in [2.05, 4.69) is 4.58 Å². The Labute approximate surface area is 337 Å². The van der Waals surface area contributed by atoms with Crippen molar-refractivity contribution in [2.45, 2.75) is 55.8 Å². The lowest BCUT2D eigenvalue weighted by Crippen LogP contribution is -2.35. The highest BCUT2D eigenvalue weighted by Crippen LogP contribution is 2.51. The fourth-order valence-corrected chi connectivity index (χ4v) is 8.15. The Balaban J connectivity index is 1.47. The second-order valence-electron chi connectivity index (χ2n) is 14.1. The molecule has 1 atom stereocenters. The molecule has 1 aromatic heterocycles. The SMILES string of the molecule is COCC[N+](CCOC)=c1ccc2c(C=CC=C3N(CCCCCC(=O)On4c(O)ccc4O)c4ccc(S(=O)(=O)O)cc4C3(C)CCCS(=O)(=O)O)ccoc-2c1. The molecular weight excluding hydrogens is 795 g/mol. The first kappa shape index (κ1) is 44.1. The van der Waals surface area contributed by atoms with Crippen LogP contribution in [0.4, 0.5) is 5.69 Å². The zero-order valence-electron chi connectivity index (χ0n) is 32.6. The molecule has 1 aliphatic carbocycles. The molecule has 2 aliphatic heterocycles. The molecule has 18 heteroatoms. The third kappa shape index (κ3) is 10.9. The number of unbranched alkanes of at least 4 members (excludes halogenated alkanes) is 2. The molecule has 0 bridgehead atoms. The van der Waals surface area contributed by atoms with E-state index in [1.54, 1.807) is 26.5 Å². The number of nitrogens with zero attached hydrogens (tertiary/aromatic N) is 3. The summed E-state index contributed by atoms with van der Waals surface area (Å²) < 4.78 is 86.9. The van der Waals surface area contributed by atoms with Crippen LogP contribution < -0.4 is 19.7 Å². The molecule has 0 saturated carbocycles. The van der Waals surface area contributed by atoms with Gasteiger partial charge in [0.05, 0.1) is 23.0 Å². The van der Waals surface area contributed by atoms with Crippen molar-refractivity contribution in [1.29, 1.82) is 0 Å². The summed E-state index contributed by atoms with van der Waals surface area (Å²) in [6.45, 7) is 4.66. The molecule has 0 amide bonds. The quantitative estimate of drug-likeness (QED) is 0.0549. The lowest BCUT2D eigenvalue weighted by Gasteiger charge is -2.30. The summed E-state index contributed by atoms with van der Waals surface area (Å²) in [5.74, 6) is -1.36. The molecule has 5 rings (SSSR count). The molecule has 16 nitrogen and oxygen atoms in total. The van der Waals surface area contributed by atoms with Gasteiger partial charge in [-0.15, -0.1) is 4.73 Å².